The van der Waals surface area contributed by atoms with Crippen LogP contribution >= 0.6 is 0 Å². The molecule has 5 heteroatoms. The molecule has 1 fully saturated rings. The zero-order valence-corrected chi connectivity index (χ0v) is 23.0. The van der Waals surface area contributed by atoms with Gasteiger partial charge in [0.05, 0.1) is 13.2 Å². The van der Waals surface area contributed by atoms with Crippen molar-refractivity contribution in [1.82, 2.24) is 4.90 Å². The number of carbonyl (C=O) groups is 2. The lowest BCUT2D eigenvalue weighted by molar-refractivity contribution is 0.0303. The van der Waals surface area contributed by atoms with Gasteiger partial charge >= 0.3 is 0 Å². The molecule has 1 aliphatic heterocycles. The number of carbonyl (C=O) groups excluding carboxylic acids is 2. The zero-order valence-electron chi connectivity index (χ0n) is 23.0. The molecule has 0 unspecified atom stereocenters. The van der Waals surface area contributed by atoms with Gasteiger partial charge in [0.15, 0.2) is 0 Å². The molecule has 4 aromatic carbocycles. The average molecular weight is 501 g/mol. The second-order valence-electron chi connectivity index (χ2n) is 8.40. The number of benzene rings is 4. The maximum atomic E-state index is 12.4. The van der Waals surface area contributed by atoms with Crippen LogP contribution in [0.3, 0.4) is 0 Å². The molecule has 2 N–H and O–H groups in total. The second kappa shape index (κ2) is 14.8. The number of amides is 2. The van der Waals surface area contributed by atoms with Crippen molar-refractivity contribution in [3.8, 4) is 0 Å². The Kier molecular flexibility index (Phi) is 11.8. The Morgan fingerprint density at radius 3 is 1.54 bits per heavy atom. The number of rotatable bonds is 2. The Morgan fingerprint density at radius 2 is 1.05 bits per heavy atom. The molecule has 1 heterocycles. The fourth-order valence-electron chi connectivity index (χ4n) is 3.97. The number of hydrogen-bond acceptors (Lipinski definition) is 3. The predicted octanol–water partition coefficient (Wildman–Crippen LogP) is 6.92. The Morgan fingerprint density at radius 1 is 0.649 bits per heavy atom. The van der Waals surface area contributed by atoms with Crippen LogP contribution in [0.15, 0.2) is 72.8 Å². The molecule has 5 nitrogen and oxygen atoms in total. The van der Waals surface area contributed by atoms with Crippen molar-refractivity contribution in [1.29, 1.82) is 0 Å². The molecule has 1 saturated heterocycles. The van der Waals surface area contributed by atoms with Gasteiger partial charge in [-0.05, 0) is 59.7 Å². The second-order valence-corrected chi connectivity index (χ2v) is 8.40. The van der Waals surface area contributed by atoms with E-state index < -0.39 is 0 Å². The molecule has 0 spiro atoms. The first-order valence-electron chi connectivity index (χ1n) is 13.1. The summed E-state index contributed by atoms with van der Waals surface area (Å²) in [6.07, 6.45) is 0. The van der Waals surface area contributed by atoms with E-state index in [1.807, 2.05) is 82.0 Å². The van der Waals surface area contributed by atoms with E-state index in [0.717, 1.165) is 21.7 Å². The van der Waals surface area contributed by atoms with Crippen LogP contribution < -0.4 is 5.73 Å². The molecular formula is C32H40N2O3. The Balaban J connectivity index is 0.000000238. The summed E-state index contributed by atoms with van der Waals surface area (Å²) in [5.41, 5.74) is 8.96. The van der Waals surface area contributed by atoms with Crippen molar-refractivity contribution >= 4 is 33.4 Å². The number of nitrogens with zero attached hydrogens (tertiary/aromatic N) is 1. The third kappa shape index (κ3) is 8.16. The highest BCUT2D eigenvalue weighted by Crippen LogP contribution is 2.19. The van der Waals surface area contributed by atoms with Crippen molar-refractivity contribution in [2.45, 2.75) is 41.5 Å². The molecule has 0 radical (unpaired) electrons. The van der Waals surface area contributed by atoms with E-state index >= 15 is 0 Å². The number of hydrogen-bond donors (Lipinski definition) is 1. The monoisotopic (exact) mass is 500 g/mol. The Hall–Kier alpha value is -3.70. The fourth-order valence-corrected chi connectivity index (χ4v) is 3.97. The molecule has 0 aromatic heterocycles. The largest absolute Gasteiger partial charge is 0.378 e. The molecule has 4 aromatic rings. The first-order chi connectivity index (χ1) is 17.9. The van der Waals surface area contributed by atoms with Gasteiger partial charge in [-0.1, -0.05) is 87.4 Å². The number of ether oxygens (including phenoxy) is 1. The molecule has 37 heavy (non-hydrogen) atoms. The summed E-state index contributed by atoms with van der Waals surface area (Å²) in [7, 11) is 0. The third-order valence-corrected chi connectivity index (χ3v) is 5.82. The smallest absolute Gasteiger partial charge is 0.254 e. The maximum Gasteiger partial charge on any atom is 0.254 e. The number of nitrogens with two attached hydrogens (primary N) is 1. The molecule has 0 bridgehead atoms. The first-order valence-corrected chi connectivity index (χ1v) is 13.1. The lowest BCUT2D eigenvalue weighted by atomic mass is 10.0. The zero-order chi connectivity index (χ0) is 27.4. The summed E-state index contributed by atoms with van der Waals surface area (Å²) in [4.78, 5) is 25.2. The van der Waals surface area contributed by atoms with Crippen molar-refractivity contribution < 1.29 is 14.3 Å². The molecular weight excluding hydrogens is 460 g/mol. The molecule has 0 saturated carbocycles. The van der Waals surface area contributed by atoms with Crippen molar-refractivity contribution in [3.63, 3.8) is 0 Å². The molecule has 196 valence electrons. The van der Waals surface area contributed by atoms with Gasteiger partial charge in [0, 0.05) is 24.2 Å². The number of fused-ring (bicyclic) bond motifs is 2. The Labute approximate surface area is 221 Å². The molecule has 0 atom stereocenters. The third-order valence-electron chi connectivity index (χ3n) is 5.82. The van der Waals surface area contributed by atoms with Gasteiger partial charge in [-0.3, -0.25) is 9.59 Å². The standard InChI is InChI=1S/C16H17NO2.C12H11NO.2C2H6/c1-12-2-3-14-11-15(5-4-13(14)10-12)16(18)17-6-8-19-9-7-17;1-8-2-3-10-7-11(12(13)14)5-4-9(10)6-8;2*1-2/h2-5,10-11H,6-9H2,1H3;2-7H,1H3,(H2,13,14);2*1-2H3. The van der Waals surface area contributed by atoms with Crippen molar-refractivity contribution in [3.05, 3.63) is 95.1 Å². The Bertz CT molecular complexity index is 1320. The summed E-state index contributed by atoms with van der Waals surface area (Å²) in [5, 5.41) is 4.48. The highest BCUT2D eigenvalue weighted by molar-refractivity contribution is 5.99. The van der Waals surface area contributed by atoms with Gasteiger partial charge in [0.1, 0.15) is 0 Å². The van der Waals surface area contributed by atoms with Gasteiger partial charge < -0.3 is 15.4 Å². The van der Waals surface area contributed by atoms with E-state index in [-0.39, 0.29) is 11.8 Å². The van der Waals surface area contributed by atoms with Crippen LogP contribution in [-0.4, -0.2) is 43.0 Å². The van der Waals surface area contributed by atoms with E-state index in [0.29, 0.717) is 31.9 Å². The minimum Gasteiger partial charge on any atom is -0.378 e. The minimum atomic E-state index is -0.382. The number of aryl methyl sites for hydroxylation is 2. The van der Waals surface area contributed by atoms with E-state index in [4.69, 9.17) is 10.5 Å². The van der Waals surface area contributed by atoms with Crippen LogP contribution in [0.2, 0.25) is 0 Å². The summed E-state index contributed by atoms with van der Waals surface area (Å²) >= 11 is 0. The average Bonchev–Trinajstić information content (AvgIpc) is 2.95. The lowest BCUT2D eigenvalue weighted by Gasteiger charge is -2.27. The van der Waals surface area contributed by atoms with Crippen LogP contribution in [-0.2, 0) is 4.74 Å². The molecule has 1 aliphatic rings. The maximum absolute atomic E-state index is 12.4. The van der Waals surface area contributed by atoms with E-state index in [1.54, 1.807) is 6.07 Å². The van der Waals surface area contributed by atoms with Crippen molar-refractivity contribution in [2.24, 2.45) is 5.73 Å². The minimum absolute atomic E-state index is 0.103. The van der Waals surface area contributed by atoms with Crippen LogP contribution in [0, 0.1) is 13.8 Å². The predicted molar refractivity (Wildman–Crippen MR) is 155 cm³/mol. The molecule has 2 amide bonds. The summed E-state index contributed by atoms with van der Waals surface area (Å²) in [5.74, 6) is -0.279. The van der Waals surface area contributed by atoms with Crippen LogP contribution in [0.1, 0.15) is 59.5 Å². The number of morpholine rings is 1. The lowest BCUT2D eigenvalue weighted by Crippen LogP contribution is -2.40. The highest BCUT2D eigenvalue weighted by atomic mass is 16.5. The fraction of sp³-hybridized carbons (Fsp3) is 0.312. The molecule has 0 aliphatic carbocycles. The highest BCUT2D eigenvalue weighted by Gasteiger charge is 2.18. The van der Waals surface area contributed by atoms with Crippen LogP contribution in [0.5, 0.6) is 0 Å². The van der Waals surface area contributed by atoms with Gasteiger partial charge in [-0.25, -0.2) is 0 Å². The quantitative estimate of drug-likeness (QED) is 0.325. The van der Waals surface area contributed by atoms with Gasteiger partial charge in [0.2, 0.25) is 5.91 Å². The van der Waals surface area contributed by atoms with Crippen LogP contribution in [0.25, 0.3) is 21.5 Å². The van der Waals surface area contributed by atoms with E-state index in [2.05, 4.69) is 31.2 Å². The van der Waals surface area contributed by atoms with E-state index in [1.165, 1.54) is 16.5 Å². The van der Waals surface area contributed by atoms with E-state index in [9.17, 15) is 9.59 Å². The van der Waals surface area contributed by atoms with Crippen LogP contribution in [0.4, 0.5) is 0 Å². The van der Waals surface area contributed by atoms with Gasteiger partial charge in [-0.2, -0.15) is 0 Å². The number of primary amides is 1. The molecule has 5 rings (SSSR count). The van der Waals surface area contributed by atoms with Gasteiger partial charge in [-0.15, -0.1) is 0 Å². The normalized spacial score (nSPS) is 12.3. The topological polar surface area (TPSA) is 72.6 Å². The van der Waals surface area contributed by atoms with Gasteiger partial charge in [0.25, 0.3) is 5.91 Å². The summed E-state index contributed by atoms with van der Waals surface area (Å²) < 4.78 is 5.28. The summed E-state index contributed by atoms with van der Waals surface area (Å²) in [6, 6.07) is 23.8. The summed E-state index contributed by atoms with van der Waals surface area (Å²) in [6.45, 7) is 14.8. The van der Waals surface area contributed by atoms with Crippen molar-refractivity contribution in [2.75, 3.05) is 26.3 Å². The SMILES string of the molecule is CC.CC.Cc1ccc2cc(C(=O)N3CCOCC3)ccc2c1.Cc1ccc2cc(C(N)=O)ccc2c1. The first kappa shape index (κ1) is 29.5.